The van der Waals surface area contributed by atoms with Crippen molar-refractivity contribution in [2.75, 3.05) is 5.73 Å². The molecule has 0 aliphatic heterocycles. The maximum absolute atomic E-state index is 10.7. The van der Waals surface area contributed by atoms with Crippen molar-refractivity contribution in [2.45, 2.75) is 0 Å². The molecule has 0 unspecified atom stereocenters. The average Bonchev–Trinajstić information content (AvgIpc) is 2.65. The third-order valence-corrected chi connectivity index (χ3v) is 2.24. The van der Waals surface area contributed by atoms with E-state index < -0.39 is 4.92 Å². The average molecular weight is 218 g/mol. The van der Waals surface area contributed by atoms with Gasteiger partial charge in [0, 0.05) is 24.9 Å². The minimum absolute atomic E-state index is 0.0943. The first-order valence-corrected chi connectivity index (χ1v) is 4.62. The van der Waals surface area contributed by atoms with Crippen LogP contribution in [-0.2, 0) is 7.05 Å². The number of rotatable bonds is 2. The van der Waals surface area contributed by atoms with Gasteiger partial charge in [0.15, 0.2) is 0 Å². The predicted molar refractivity (Wildman–Crippen MR) is 59.7 cm³/mol. The maximum Gasteiger partial charge on any atom is 0.292 e. The second-order valence-electron chi connectivity index (χ2n) is 3.41. The lowest BCUT2D eigenvalue weighted by Crippen LogP contribution is -1.96. The van der Waals surface area contributed by atoms with E-state index in [-0.39, 0.29) is 11.4 Å². The Morgan fingerprint density at radius 3 is 2.75 bits per heavy atom. The number of nitrogen functional groups attached to an aromatic ring is 1. The van der Waals surface area contributed by atoms with Crippen molar-refractivity contribution in [1.29, 1.82) is 0 Å². The fraction of sp³-hybridized carbons (Fsp3) is 0.100. The maximum atomic E-state index is 10.7. The molecule has 0 saturated heterocycles. The predicted octanol–water partition coefficient (Wildman–Crippen LogP) is 1.58. The van der Waals surface area contributed by atoms with E-state index >= 15 is 0 Å². The molecule has 0 atom stereocenters. The molecule has 2 N–H and O–H groups in total. The van der Waals surface area contributed by atoms with Gasteiger partial charge in [-0.25, -0.2) is 0 Å². The van der Waals surface area contributed by atoms with Crippen LogP contribution < -0.4 is 5.73 Å². The van der Waals surface area contributed by atoms with Crippen LogP contribution in [0.25, 0.3) is 11.3 Å². The van der Waals surface area contributed by atoms with E-state index in [1.54, 1.807) is 30.1 Å². The van der Waals surface area contributed by atoms with E-state index in [1.807, 2.05) is 0 Å². The molecule has 0 aliphatic carbocycles. The summed E-state index contributed by atoms with van der Waals surface area (Å²) in [5.74, 6) is 0. The van der Waals surface area contributed by atoms with Gasteiger partial charge in [-0.2, -0.15) is 5.10 Å². The molecule has 1 heterocycles. The zero-order chi connectivity index (χ0) is 11.7. The van der Waals surface area contributed by atoms with Crippen LogP contribution in [0, 0.1) is 10.1 Å². The summed E-state index contributed by atoms with van der Waals surface area (Å²) in [7, 11) is 1.79. The Bertz CT molecular complexity index is 548. The second-order valence-corrected chi connectivity index (χ2v) is 3.41. The Morgan fingerprint density at radius 2 is 2.19 bits per heavy atom. The summed E-state index contributed by atoms with van der Waals surface area (Å²) in [5.41, 5.74) is 6.94. The molecule has 0 amide bonds. The van der Waals surface area contributed by atoms with Gasteiger partial charge in [-0.05, 0) is 12.1 Å². The van der Waals surface area contributed by atoms with Crippen molar-refractivity contribution >= 4 is 11.4 Å². The quantitative estimate of drug-likeness (QED) is 0.471. The highest BCUT2D eigenvalue weighted by atomic mass is 16.6. The number of anilines is 1. The van der Waals surface area contributed by atoms with Crippen molar-refractivity contribution in [3.63, 3.8) is 0 Å². The summed E-state index contributed by atoms with van der Waals surface area (Å²) < 4.78 is 1.64. The van der Waals surface area contributed by atoms with Crippen molar-refractivity contribution in [2.24, 2.45) is 7.05 Å². The Kier molecular flexibility index (Phi) is 2.32. The standard InChI is InChI=1S/C10H10N4O2/c1-13-5-4-9(12-13)7-2-3-8(11)10(6-7)14(15)16/h2-6H,11H2,1H3. The van der Waals surface area contributed by atoms with Crippen LogP contribution >= 0.6 is 0 Å². The molecule has 0 saturated carbocycles. The molecule has 0 aliphatic rings. The van der Waals surface area contributed by atoms with Crippen molar-refractivity contribution in [3.05, 3.63) is 40.6 Å². The van der Waals surface area contributed by atoms with Crippen LogP contribution in [-0.4, -0.2) is 14.7 Å². The zero-order valence-electron chi connectivity index (χ0n) is 8.62. The minimum atomic E-state index is -0.498. The number of nitro groups is 1. The molecular weight excluding hydrogens is 208 g/mol. The Labute approximate surface area is 91.5 Å². The minimum Gasteiger partial charge on any atom is -0.393 e. The van der Waals surface area contributed by atoms with Crippen molar-refractivity contribution < 1.29 is 4.92 Å². The molecule has 1 aromatic heterocycles. The summed E-state index contributed by atoms with van der Waals surface area (Å²) in [5, 5.41) is 14.9. The Balaban J connectivity index is 2.51. The Hall–Kier alpha value is -2.37. The number of hydrogen-bond donors (Lipinski definition) is 1. The largest absolute Gasteiger partial charge is 0.393 e. The summed E-state index contributed by atoms with van der Waals surface area (Å²) in [6.07, 6.45) is 1.78. The van der Waals surface area contributed by atoms with E-state index in [2.05, 4.69) is 5.10 Å². The van der Waals surface area contributed by atoms with Gasteiger partial charge in [-0.3, -0.25) is 14.8 Å². The third-order valence-electron chi connectivity index (χ3n) is 2.24. The summed E-state index contributed by atoms with van der Waals surface area (Å²) in [6, 6.07) is 6.44. The molecule has 1 aromatic carbocycles. The summed E-state index contributed by atoms with van der Waals surface area (Å²) >= 11 is 0. The van der Waals surface area contributed by atoms with Gasteiger partial charge in [-0.1, -0.05) is 6.07 Å². The summed E-state index contributed by atoms with van der Waals surface area (Å²) in [6.45, 7) is 0. The van der Waals surface area contributed by atoms with Gasteiger partial charge in [0.1, 0.15) is 5.69 Å². The second kappa shape index (κ2) is 3.65. The molecule has 6 heteroatoms. The number of nitro benzene ring substituents is 1. The lowest BCUT2D eigenvalue weighted by molar-refractivity contribution is -0.383. The molecule has 0 bridgehead atoms. The molecule has 0 radical (unpaired) electrons. The molecule has 0 fully saturated rings. The smallest absolute Gasteiger partial charge is 0.292 e. The van der Waals surface area contributed by atoms with Gasteiger partial charge in [0.2, 0.25) is 0 Å². The fourth-order valence-electron chi connectivity index (χ4n) is 1.43. The normalized spacial score (nSPS) is 10.3. The number of hydrogen-bond acceptors (Lipinski definition) is 4. The SMILES string of the molecule is Cn1ccc(-c2ccc(N)c([N+](=O)[O-])c2)n1. The Morgan fingerprint density at radius 1 is 1.44 bits per heavy atom. The van der Waals surface area contributed by atoms with Crippen molar-refractivity contribution in [3.8, 4) is 11.3 Å². The van der Waals surface area contributed by atoms with Crippen LogP contribution in [0.1, 0.15) is 0 Å². The van der Waals surface area contributed by atoms with Gasteiger partial charge < -0.3 is 5.73 Å². The monoisotopic (exact) mass is 218 g/mol. The van der Waals surface area contributed by atoms with Crippen LogP contribution in [0.5, 0.6) is 0 Å². The zero-order valence-corrected chi connectivity index (χ0v) is 8.62. The van der Waals surface area contributed by atoms with E-state index in [4.69, 9.17) is 5.73 Å². The first kappa shape index (κ1) is 10.2. The van der Waals surface area contributed by atoms with E-state index in [0.29, 0.717) is 11.3 Å². The van der Waals surface area contributed by atoms with Gasteiger partial charge >= 0.3 is 0 Å². The molecule has 16 heavy (non-hydrogen) atoms. The van der Waals surface area contributed by atoms with Gasteiger partial charge in [0.05, 0.1) is 10.6 Å². The number of aryl methyl sites for hydroxylation is 1. The molecule has 82 valence electrons. The van der Waals surface area contributed by atoms with Crippen LogP contribution in [0.3, 0.4) is 0 Å². The van der Waals surface area contributed by atoms with Crippen LogP contribution in [0.15, 0.2) is 30.5 Å². The van der Waals surface area contributed by atoms with Crippen LogP contribution in [0.4, 0.5) is 11.4 Å². The highest BCUT2D eigenvalue weighted by molar-refractivity contribution is 5.69. The number of benzene rings is 1. The lowest BCUT2D eigenvalue weighted by atomic mass is 10.1. The van der Waals surface area contributed by atoms with Gasteiger partial charge in [-0.15, -0.1) is 0 Å². The molecule has 2 aromatic rings. The number of aromatic nitrogens is 2. The molecule has 6 nitrogen and oxygen atoms in total. The van der Waals surface area contributed by atoms with E-state index in [9.17, 15) is 10.1 Å². The van der Waals surface area contributed by atoms with Gasteiger partial charge in [0.25, 0.3) is 5.69 Å². The topological polar surface area (TPSA) is 87.0 Å². The van der Waals surface area contributed by atoms with E-state index in [0.717, 1.165) is 0 Å². The fourth-order valence-corrected chi connectivity index (χ4v) is 1.43. The molecule has 0 spiro atoms. The summed E-state index contributed by atoms with van der Waals surface area (Å²) in [4.78, 5) is 10.2. The third kappa shape index (κ3) is 1.72. The van der Waals surface area contributed by atoms with E-state index in [1.165, 1.54) is 12.1 Å². The number of nitrogens with two attached hydrogens (primary N) is 1. The lowest BCUT2D eigenvalue weighted by Gasteiger charge is -2.00. The first-order chi connectivity index (χ1) is 7.58. The number of nitrogens with zero attached hydrogens (tertiary/aromatic N) is 3. The van der Waals surface area contributed by atoms with Crippen molar-refractivity contribution in [1.82, 2.24) is 9.78 Å². The van der Waals surface area contributed by atoms with Crippen LogP contribution in [0.2, 0.25) is 0 Å². The molecule has 2 rings (SSSR count). The highest BCUT2D eigenvalue weighted by Crippen LogP contribution is 2.27. The first-order valence-electron chi connectivity index (χ1n) is 4.62. The highest BCUT2D eigenvalue weighted by Gasteiger charge is 2.13. The molecular formula is C10H10N4O2.